The summed E-state index contributed by atoms with van der Waals surface area (Å²) in [6.07, 6.45) is 1.60. The normalized spacial score (nSPS) is 14.3. The molecule has 0 saturated carbocycles. The number of carboxylic acid groups (broad SMARTS) is 1. The van der Waals surface area contributed by atoms with Crippen LogP contribution < -0.4 is 0 Å². The van der Waals surface area contributed by atoms with Gasteiger partial charge < -0.3 is 5.11 Å². The van der Waals surface area contributed by atoms with E-state index in [4.69, 9.17) is 5.11 Å². The Morgan fingerprint density at radius 1 is 1.44 bits per heavy atom. The van der Waals surface area contributed by atoms with Crippen LogP contribution in [0.25, 0.3) is 10.1 Å². The van der Waals surface area contributed by atoms with Gasteiger partial charge in [0, 0.05) is 22.4 Å². The first-order valence-electron chi connectivity index (χ1n) is 5.39. The Balaban J connectivity index is 2.61. The number of carboxylic acids is 1. The first kappa shape index (κ1) is 13.0. The van der Waals surface area contributed by atoms with Gasteiger partial charge in [0.2, 0.25) is 0 Å². The van der Waals surface area contributed by atoms with Crippen LogP contribution in [0.5, 0.6) is 0 Å². The van der Waals surface area contributed by atoms with E-state index in [0.717, 1.165) is 10.1 Å². The fraction of sp³-hybridized carbons (Fsp3) is 0.250. The van der Waals surface area contributed by atoms with E-state index in [1.807, 2.05) is 6.92 Å². The summed E-state index contributed by atoms with van der Waals surface area (Å²) < 4.78 is 17.3. The molecular formula is C12H13NO3S2. The zero-order valence-electron chi connectivity index (χ0n) is 10.0. The Morgan fingerprint density at radius 3 is 2.78 bits per heavy atom. The third kappa shape index (κ3) is 2.39. The Bertz CT molecular complexity index is 724. The van der Waals surface area contributed by atoms with Gasteiger partial charge in [0.05, 0.1) is 9.73 Å². The molecule has 0 aliphatic rings. The molecule has 1 aromatic carbocycles. The summed E-state index contributed by atoms with van der Waals surface area (Å²) in [5, 5.41) is 9.74. The Hall–Kier alpha value is -1.40. The van der Waals surface area contributed by atoms with Crippen LogP contribution in [-0.4, -0.2) is 28.1 Å². The molecule has 1 unspecified atom stereocenters. The van der Waals surface area contributed by atoms with Gasteiger partial charge in [-0.3, -0.25) is 0 Å². The van der Waals surface area contributed by atoms with E-state index in [1.54, 1.807) is 30.5 Å². The molecule has 0 bridgehead atoms. The summed E-state index contributed by atoms with van der Waals surface area (Å²) in [4.78, 5) is 11.8. The molecular weight excluding hydrogens is 270 g/mol. The van der Waals surface area contributed by atoms with E-state index in [1.165, 1.54) is 11.3 Å². The summed E-state index contributed by atoms with van der Waals surface area (Å²) in [7, 11) is -2.38. The molecule has 1 atom stereocenters. The van der Waals surface area contributed by atoms with Crippen molar-refractivity contribution in [1.82, 2.24) is 0 Å². The van der Waals surface area contributed by atoms with Crippen molar-refractivity contribution in [3.05, 3.63) is 29.1 Å². The lowest BCUT2D eigenvalue weighted by atomic mass is 10.2. The maximum Gasteiger partial charge on any atom is 0.345 e. The van der Waals surface area contributed by atoms with Crippen LogP contribution in [0.4, 0.5) is 0 Å². The molecule has 96 valence electrons. The van der Waals surface area contributed by atoms with E-state index >= 15 is 0 Å². The predicted molar refractivity (Wildman–Crippen MR) is 74.1 cm³/mol. The van der Waals surface area contributed by atoms with Gasteiger partial charge in [0.15, 0.2) is 0 Å². The van der Waals surface area contributed by atoms with Crippen molar-refractivity contribution in [1.29, 1.82) is 0 Å². The lowest BCUT2D eigenvalue weighted by Crippen LogP contribution is -1.97. The summed E-state index contributed by atoms with van der Waals surface area (Å²) in [5.74, 6) is -0.937. The summed E-state index contributed by atoms with van der Waals surface area (Å²) in [6.45, 7) is 2.34. The van der Waals surface area contributed by atoms with E-state index in [9.17, 15) is 9.00 Å². The average Bonchev–Trinajstić information content (AvgIpc) is 2.71. The van der Waals surface area contributed by atoms with Gasteiger partial charge in [0.25, 0.3) is 0 Å². The minimum atomic E-state index is -2.38. The lowest BCUT2D eigenvalue weighted by Gasteiger charge is -2.03. The molecule has 2 aromatic rings. The van der Waals surface area contributed by atoms with Crippen LogP contribution in [0.15, 0.2) is 33.5 Å². The van der Waals surface area contributed by atoms with Gasteiger partial charge in [-0.2, -0.15) is 0 Å². The first-order valence-corrected chi connectivity index (χ1v) is 8.13. The number of hydrogen-bond donors (Lipinski definition) is 1. The number of aromatic carboxylic acids is 1. The summed E-state index contributed by atoms with van der Waals surface area (Å²) in [5.41, 5.74) is 0. The molecule has 18 heavy (non-hydrogen) atoms. The van der Waals surface area contributed by atoms with Gasteiger partial charge in [-0.05, 0) is 36.6 Å². The van der Waals surface area contributed by atoms with Crippen molar-refractivity contribution in [3.8, 4) is 0 Å². The average molecular weight is 283 g/mol. The van der Waals surface area contributed by atoms with Crippen LogP contribution in [0.2, 0.25) is 0 Å². The van der Waals surface area contributed by atoms with E-state index in [0.29, 0.717) is 11.4 Å². The van der Waals surface area contributed by atoms with Gasteiger partial charge in [0.1, 0.15) is 4.88 Å². The Kier molecular flexibility index (Phi) is 3.41. The van der Waals surface area contributed by atoms with Crippen LogP contribution in [-0.2, 0) is 9.73 Å². The van der Waals surface area contributed by atoms with Gasteiger partial charge >= 0.3 is 5.97 Å². The van der Waals surface area contributed by atoms with Crippen LogP contribution in [0.1, 0.15) is 16.6 Å². The number of nitrogens with zero attached hydrogens (tertiary/aromatic N) is 1. The zero-order valence-corrected chi connectivity index (χ0v) is 11.7. The molecule has 0 radical (unpaired) electrons. The molecule has 1 aromatic heterocycles. The molecule has 4 nitrogen and oxygen atoms in total. The minimum absolute atomic E-state index is 0.289. The third-order valence-corrected chi connectivity index (χ3v) is 5.49. The molecule has 0 aliphatic carbocycles. The van der Waals surface area contributed by atoms with Crippen molar-refractivity contribution in [2.75, 3.05) is 12.8 Å². The smallest absolute Gasteiger partial charge is 0.345 e. The largest absolute Gasteiger partial charge is 0.477 e. The highest BCUT2D eigenvalue weighted by molar-refractivity contribution is 7.93. The Morgan fingerprint density at radius 2 is 2.17 bits per heavy atom. The van der Waals surface area contributed by atoms with Crippen LogP contribution in [0, 0.1) is 0 Å². The molecule has 0 aliphatic heterocycles. The number of hydrogen-bond acceptors (Lipinski definition) is 4. The zero-order chi connectivity index (χ0) is 13.3. The quantitative estimate of drug-likeness (QED) is 0.941. The van der Waals surface area contributed by atoms with Crippen LogP contribution >= 0.6 is 11.3 Å². The molecule has 0 spiro atoms. The van der Waals surface area contributed by atoms with E-state index in [-0.39, 0.29) is 4.88 Å². The molecule has 1 heterocycles. The SMILES string of the molecule is CCN=S(C)(=O)c1ccc2sc(C(=O)O)cc2c1. The fourth-order valence-corrected chi connectivity index (χ4v) is 3.87. The van der Waals surface area contributed by atoms with Gasteiger partial charge in [-0.25, -0.2) is 13.4 Å². The topological polar surface area (TPSA) is 66.7 Å². The number of rotatable bonds is 3. The molecule has 6 heteroatoms. The number of fused-ring (bicyclic) bond motifs is 1. The monoisotopic (exact) mass is 283 g/mol. The highest BCUT2D eigenvalue weighted by atomic mass is 32.2. The maximum absolute atomic E-state index is 12.3. The van der Waals surface area contributed by atoms with Crippen molar-refractivity contribution in [2.24, 2.45) is 4.36 Å². The molecule has 0 amide bonds. The van der Waals surface area contributed by atoms with Crippen molar-refractivity contribution in [2.45, 2.75) is 11.8 Å². The summed E-state index contributed by atoms with van der Waals surface area (Å²) in [6, 6.07) is 6.93. The molecule has 0 saturated heterocycles. The second-order valence-corrected chi connectivity index (χ2v) is 7.28. The standard InChI is InChI=1S/C12H13NO3S2/c1-3-13-18(2,16)9-4-5-10-8(6-9)7-11(17-10)12(14)15/h4-7H,3H2,1-2H3,(H,14,15). The molecule has 2 rings (SSSR count). The number of carbonyl (C=O) groups is 1. The van der Waals surface area contributed by atoms with Crippen molar-refractivity contribution >= 4 is 37.1 Å². The van der Waals surface area contributed by atoms with Crippen molar-refractivity contribution < 1.29 is 14.1 Å². The molecule has 0 fully saturated rings. The number of benzene rings is 1. The van der Waals surface area contributed by atoms with E-state index in [2.05, 4.69) is 4.36 Å². The minimum Gasteiger partial charge on any atom is -0.477 e. The number of thiophene rings is 1. The van der Waals surface area contributed by atoms with Gasteiger partial charge in [-0.15, -0.1) is 11.3 Å². The highest BCUT2D eigenvalue weighted by Gasteiger charge is 2.11. The van der Waals surface area contributed by atoms with Gasteiger partial charge in [-0.1, -0.05) is 0 Å². The third-order valence-electron chi connectivity index (χ3n) is 2.51. The molecule has 1 N–H and O–H groups in total. The fourth-order valence-electron chi connectivity index (χ4n) is 1.68. The second kappa shape index (κ2) is 4.70. The van der Waals surface area contributed by atoms with E-state index < -0.39 is 15.7 Å². The maximum atomic E-state index is 12.3. The first-order chi connectivity index (χ1) is 8.44. The Labute approximate surface area is 109 Å². The van der Waals surface area contributed by atoms with Crippen molar-refractivity contribution in [3.63, 3.8) is 0 Å². The predicted octanol–water partition coefficient (Wildman–Crippen LogP) is 3.08. The lowest BCUT2D eigenvalue weighted by molar-refractivity contribution is 0.0702. The highest BCUT2D eigenvalue weighted by Crippen LogP contribution is 2.28. The summed E-state index contributed by atoms with van der Waals surface area (Å²) >= 11 is 1.22. The second-order valence-electron chi connectivity index (χ2n) is 3.86. The van der Waals surface area contributed by atoms with Crippen LogP contribution in [0.3, 0.4) is 0 Å².